The predicted molar refractivity (Wildman–Crippen MR) is 192 cm³/mol. The van der Waals surface area contributed by atoms with Gasteiger partial charge in [-0.15, -0.1) is 0 Å². The van der Waals surface area contributed by atoms with Gasteiger partial charge in [0.25, 0.3) is 21.5 Å². The van der Waals surface area contributed by atoms with E-state index in [2.05, 4.69) is 15.6 Å². The summed E-state index contributed by atoms with van der Waals surface area (Å²) in [6, 6.07) is 8.64. The molecule has 53 heavy (non-hydrogen) atoms. The number of ether oxygens (including phenoxy) is 1. The Hall–Kier alpha value is -5.71. The minimum atomic E-state index is -4.44. The highest BCUT2D eigenvalue weighted by Gasteiger charge is 2.27. The van der Waals surface area contributed by atoms with Crippen LogP contribution in [-0.2, 0) is 37.8 Å². The fourth-order valence-corrected chi connectivity index (χ4v) is 5.83. The van der Waals surface area contributed by atoms with Crippen molar-refractivity contribution in [2.24, 2.45) is 12.5 Å². The molecule has 2 aromatic heterocycles. The number of sulfonamides is 1. The lowest BCUT2D eigenvalue weighted by Gasteiger charge is -2.19. The van der Waals surface area contributed by atoms with E-state index in [1.165, 1.54) is 66.5 Å². The van der Waals surface area contributed by atoms with Crippen molar-refractivity contribution < 1.29 is 36.3 Å². The van der Waals surface area contributed by atoms with Crippen LogP contribution in [0.3, 0.4) is 0 Å². The lowest BCUT2D eigenvalue weighted by Crippen LogP contribution is -2.44. The molecule has 3 N–H and O–H groups in total. The highest BCUT2D eigenvalue weighted by molar-refractivity contribution is 7.92. The van der Waals surface area contributed by atoms with E-state index in [1.54, 1.807) is 20.8 Å². The zero-order valence-electron chi connectivity index (χ0n) is 29.7. The Morgan fingerprint density at radius 3 is 2.28 bits per heavy atom. The minimum Gasteiger partial charge on any atom is -0.464 e. The maximum absolute atomic E-state index is 15.3. The topological polar surface area (TPSA) is 188 Å². The number of hydrogen-bond donors (Lipinski definition) is 3. The van der Waals surface area contributed by atoms with Crippen LogP contribution in [0.1, 0.15) is 62.9 Å². The van der Waals surface area contributed by atoms with Crippen molar-refractivity contribution in [3.8, 4) is 5.82 Å². The number of unbranched alkanes of at least 4 members (excludes halogenated alkanes) is 2. The average Bonchev–Trinajstić information content (AvgIpc) is 3.10. The van der Waals surface area contributed by atoms with Crippen molar-refractivity contribution in [3.63, 3.8) is 0 Å². The van der Waals surface area contributed by atoms with Gasteiger partial charge in [-0.2, -0.15) is 0 Å². The molecule has 0 radical (unpaired) electrons. The number of pyridine rings is 1. The van der Waals surface area contributed by atoms with Crippen LogP contribution >= 0.6 is 0 Å². The number of amides is 2. The summed E-state index contributed by atoms with van der Waals surface area (Å²) in [4.78, 5) is 67.2. The molecule has 14 nitrogen and oxygen atoms in total. The Balaban J connectivity index is 1.53. The molecule has 4 rings (SSSR count). The van der Waals surface area contributed by atoms with E-state index in [0.717, 1.165) is 17.4 Å². The van der Waals surface area contributed by atoms with E-state index in [0.29, 0.717) is 29.8 Å². The largest absolute Gasteiger partial charge is 0.464 e. The third kappa shape index (κ3) is 10.2. The van der Waals surface area contributed by atoms with Crippen LogP contribution in [0.4, 0.5) is 20.2 Å². The molecule has 0 aliphatic rings. The Morgan fingerprint density at radius 2 is 1.66 bits per heavy atom. The first-order valence-electron chi connectivity index (χ1n) is 16.6. The Labute approximate surface area is 304 Å². The van der Waals surface area contributed by atoms with Crippen molar-refractivity contribution in [1.29, 1.82) is 0 Å². The number of esters is 1. The maximum Gasteiger partial charge on any atom is 0.336 e. The van der Waals surface area contributed by atoms with Crippen LogP contribution in [0, 0.1) is 17.0 Å². The number of carbonyl (C=O) groups excluding carboxylic acids is 3. The number of carbonyl (C=O) groups is 3. The average molecular weight is 755 g/mol. The van der Waals surface area contributed by atoms with E-state index in [-0.39, 0.29) is 29.6 Å². The van der Waals surface area contributed by atoms with Crippen molar-refractivity contribution in [2.45, 2.75) is 64.3 Å². The van der Waals surface area contributed by atoms with E-state index in [1.807, 2.05) is 11.6 Å². The quantitative estimate of drug-likeness (QED) is 0.126. The minimum absolute atomic E-state index is 0.0116. The monoisotopic (exact) mass is 754 g/mol. The Morgan fingerprint density at radius 1 is 0.962 bits per heavy atom. The van der Waals surface area contributed by atoms with E-state index in [4.69, 9.17) is 4.74 Å². The number of nitrogens with one attached hydrogen (secondary N) is 3. The summed E-state index contributed by atoms with van der Waals surface area (Å²) in [5.74, 6) is -4.92. The van der Waals surface area contributed by atoms with Gasteiger partial charge in [0.2, 0.25) is 5.91 Å². The standard InChI is InChI=1S/C36H40F2N6O8S/c1-6-7-8-17-52-33(47)29(18-22-9-14-30(39-21-22)44-31(45)15-16-43(5)35(44)49)41-32(46)25-19-27(38)28(20-26(25)37)42-53(50,51)24-12-10-23(11-13-24)40-34(48)36(2,3)4/h9-16,19-21,29,42H,6-8,17-18H2,1-5H3,(H,40,48)(H,41,46)/t29-/m0/s1. The molecule has 0 bridgehead atoms. The Kier molecular flexibility index (Phi) is 12.7. The SMILES string of the molecule is CCCCCOC(=O)[C@H](Cc1ccc(-n2c(=O)ccn(C)c2=O)nc1)NC(=O)c1cc(F)c(NS(=O)(=O)c2ccc(NC(=O)C(C)(C)C)cc2)cc1F. The van der Waals surface area contributed by atoms with E-state index >= 15 is 8.78 Å². The van der Waals surface area contributed by atoms with Crippen molar-refractivity contribution in [1.82, 2.24) is 19.4 Å². The van der Waals surface area contributed by atoms with Crippen LogP contribution < -0.4 is 26.6 Å². The first-order chi connectivity index (χ1) is 24.9. The third-order valence-corrected chi connectivity index (χ3v) is 9.24. The van der Waals surface area contributed by atoms with Gasteiger partial charge in [0, 0.05) is 49.1 Å². The summed E-state index contributed by atoms with van der Waals surface area (Å²) >= 11 is 0. The van der Waals surface area contributed by atoms with Gasteiger partial charge in [-0.3, -0.25) is 19.1 Å². The predicted octanol–water partition coefficient (Wildman–Crippen LogP) is 4.07. The van der Waals surface area contributed by atoms with Gasteiger partial charge in [0.15, 0.2) is 0 Å². The molecule has 2 aromatic carbocycles. The molecule has 2 amide bonds. The van der Waals surface area contributed by atoms with Crippen LogP contribution in [-0.4, -0.2) is 53.0 Å². The molecule has 0 aliphatic carbocycles. The second-order valence-corrected chi connectivity index (χ2v) is 14.8. The lowest BCUT2D eigenvalue weighted by molar-refractivity contribution is -0.146. The molecule has 0 aliphatic heterocycles. The number of nitrogens with zero attached hydrogens (tertiary/aromatic N) is 3. The molecule has 0 spiro atoms. The summed E-state index contributed by atoms with van der Waals surface area (Å²) in [6.45, 7) is 7.12. The van der Waals surface area contributed by atoms with Crippen molar-refractivity contribution in [3.05, 3.63) is 111 Å². The zero-order chi connectivity index (χ0) is 39.1. The number of halogens is 2. The molecule has 17 heteroatoms. The molecular formula is C36H40F2N6O8S. The van der Waals surface area contributed by atoms with Gasteiger partial charge in [-0.05, 0) is 48.4 Å². The van der Waals surface area contributed by atoms with Crippen molar-refractivity contribution >= 4 is 39.2 Å². The van der Waals surface area contributed by atoms with Gasteiger partial charge in [-0.1, -0.05) is 46.6 Å². The number of hydrogen-bond acceptors (Lipinski definition) is 9. The summed E-state index contributed by atoms with van der Waals surface area (Å²) in [7, 11) is -2.98. The van der Waals surface area contributed by atoms with Gasteiger partial charge >= 0.3 is 11.7 Å². The van der Waals surface area contributed by atoms with Gasteiger partial charge in [0.1, 0.15) is 23.5 Å². The molecule has 282 valence electrons. The van der Waals surface area contributed by atoms with Gasteiger partial charge in [0.05, 0.1) is 22.8 Å². The van der Waals surface area contributed by atoms with E-state index < -0.39 is 67.5 Å². The number of anilines is 2. The Bertz CT molecular complexity index is 2210. The smallest absolute Gasteiger partial charge is 0.336 e. The second-order valence-electron chi connectivity index (χ2n) is 13.2. The number of rotatable bonds is 14. The summed E-state index contributed by atoms with van der Waals surface area (Å²) < 4.78 is 65.9. The van der Waals surface area contributed by atoms with Crippen LogP contribution in [0.2, 0.25) is 0 Å². The summed E-state index contributed by atoms with van der Waals surface area (Å²) in [5, 5.41) is 5.01. The number of aryl methyl sites for hydroxylation is 1. The van der Waals surface area contributed by atoms with Crippen LogP contribution in [0.5, 0.6) is 0 Å². The molecule has 0 saturated heterocycles. The molecule has 0 unspecified atom stereocenters. The first kappa shape index (κ1) is 40.1. The highest BCUT2D eigenvalue weighted by Crippen LogP contribution is 2.25. The van der Waals surface area contributed by atoms with Gasteiger partial charge in [-0.25, -0.2) is 36.3 Å². The maximum atomic E-state index is 15.3. The third-order valence-electron chi connectivity index (χ3n) is 7.86. The molecular weight excluding hydrogens is 714 g/mol. The fraction of sp³-hybridized carbons (Fsp3) is 0.333. The molecule has 1 atom stereocenters. The fourth-order valence-electron chi connectivity index (χ4n) is 4.78. The van der Waals surface area contributed by atoms with Crippen molar-refractivity contribution in [2.75, 3.05) is 16.6 Å². The highest BCUT2D eigenvalue weighted by atomic mass is 32.2. The molecule has 0 fully saturated rings. The van der Waals surface area contributed by atoms with Gasteiger partial charge < -0.3 is 19.9 Å². The normalized spacial score (nSPS) is 12.1. The summed E-state index contributed by atoms with van der Waals surface area (Å²) in [6.07, 6.45) is 4.56. The lowest BCUT2D eigenvalue weighted by atomic mass is 9.95. The van der Waals surface area contributed by atoms with Crippen LogP contribution in [0.15, 0.2) is 81.5 Å². The first-order valence-corrected chi connectivity index (χ1v) is 18.0. The summed E-state index contributed by atoms with van der Waals surface area (Å²) in [5.41, 5.74) is -2.86. The molecule has 0 saturated carbocycles. The van der Waals surface area contributed by atoms with Crippen LogP contribution in [0.25, 0.3) is 5.82 Å². The molecule has 2 heterocycles. The number of benzene rings is 2. The molecule has 4 aromatic rings. The zero-order valence-corrected chi connectivity index (χ0v) is 30.6. The van der Waals surface area contributed by atoms with E-state index in [9.17, 15) is 32.4 Å². The second kappa shape index (κ2) is 16.8. The number of aromatic nitrogens is 3.